The Morgan fingerprint density at radius 2 is 2.08 bits per heavy atom. The van der Waals surface area contributed by atoms with Gasteiger partial charge in [0.25, 0.3) is 0 Å². The zero-order valence-corrected chi connectivity index (χ0v) is 15.3. The highest BCUT2D eigenvalue weighted by atomic mass is 32.1. The number of nitrogens with zero attached hydrogens (tertiary/aromatic N) is 2. The predicted molar refractivity (Wildman–Crippen MR) is 94.1 cm³/mol. The van der Waals surface area contributed by atoms with Gasteiger partial charge in [0.15, 0.2) is 5.13 Å². The van der Waals surface area contributed by atoms with Crippen LogP contribution in [0.5, 0.6) is 0 Å². The first-order chi connectivity index (χ1) is 11.3. The number of carbonyl (C=O) groups excluding carboxylic acids is 2. The van der Waals surface area contributed by atoms with Crippen LogP contribution in [0.1, 0.15) is 33.6 Å². The van der Waals surface area contributed by atoms with Crippen molar-refractivity contribution in [1.82, 2.24) is 15.2 Å². The van der Waals surface area contributed by atoms with Crippen molar-refractivity contribution in [2.75, 3.05) is 31.5 Å². The molecule has 1 saturated heterocycles. The zero-order valence-electron chi connectivity index (χ0n) is 14.5. The van der Waals surface area contributed by atoms with Crippen LogP contribution in [0.2, 0.25) is 0 Å². The third-order valence-electron chi connectivity index (χ3n) is 3.69. The van der Waals surface area contributed by atoms with Gasteiger partial charge in [-0.15, -0.1) is 11.3 Å². The maximum absolute atomic E-state index is 11.9. The van der Waals surface area contributed by atoms with E-state index < -0.39 is 5.60 Å². The second-order valence-corrected chi connectivity index (χ2v) is 7.88. The van der Waals surface area contributed by atoms with Crippen LogP contribution < -0.4 is 10.6 Å². The van der Waals surface area contributed by atoms with Gasteiger partial charge in [0.1, 0.15) is 5.60 Å². The predicted octanol–water partition coefficient (Wildman–Crippen LogP) is 2.32. The number of piperidine rings is 1. The second kappa shape index (κ2) is 8.43. The van der Waals surface area contributed by atoms with Gasteiger partial charge in [-0.3, -0.25) is 9.69 Å². The van der Waals surface area contributed by atoms with E-state index in [1.807, 2.05) is 26.2 Å². The summed E-state index contributed by atoms with van der Waals surface area (Å²) >= 11 is 1.41. The third kappa shape index (κ3) is 6.84. The monoisotopic (exact) mass is 354 g/mol. The smallest absolute Gasteiger partial charge is 0.407 e. The Morgan fingerprint density at radius 3 is 2.67 bits per heavy atom. The number of aromatic nitrogens is 1. The second-order valence-electron chi connectivity index (χ2n) is 6.99. The molecule has 2 N–H and O–H groups in total. The Kier molecular flexibility index (Phi) is 6.56. The van der Waals surface area contributed by atoms with E-state index in [9.17, 15) is 9.59 Å². The maximum atomic E-state index is 11.9. The Labute approximate surface area is 146 Å². The topological polar surface area (TPSA) is 83.6 Å². The van der Waals surface area contributed by atoms with E-state index in [1.165, 1.54) is 11.3 Å². The molecule has 0 atom stereocenters. The Morgan fingerprint density at radius 1 is 1.38 bits per heavy atom. The standard InChI is InChI=1S/C16H26N4O3S/c1-16(2,3)23-15(22)18-10-12-4-7-20(8-5-12)11-13(21)19-14-17-6-9-24-14/h6,9,12H,4-5,7-8,10-11H2,1-3H3,(H,18,22)(H,17,19,21). The number of hydrogen-bond donors (Lipinski definition) is 2. The molecule has 134 valence electrons. The molecule has 0 spiro atoms. The molecule has 1 aromatic heterocycles. The lowest BCUT2D eigenvalue weighted by molar-refractivity contribution is -0.117. The largest absolute Gasteiger partial charge is 0.444 e. The molecule has 1 aliphatic rings. The van der Waals surface area contributed by atoms with Crippen molar-refractivity contribution in [3.05, 3.63) is 11.6 Å². The summed E-state index contributed by atoms with van der Waals surface area (Å²) in [4.78, 5) is 29.8. The van der Waals surface area contributed by atoms with Gasteiger partial charge < -0.3 is 15.4 Å². The summed E-state index contributed by atoms with van der Waals surface area (Å²) in [7, 11) is 0. The number of ether oxygens (including phenoxy) is 1. The molecule has 0 unspecified atom stereocenters. The van der Waals surface area contributed by atoms with Gasteiger partial charge in [-0.2, -0.15) is 0 Å². The van der Waals surface area contributed by atoms with E-state index >= 15 is 0 Å². The summed E-state index contributed by atoms with van der Waals surface area (Å²) < 4.78 is 5.23. The van der Waals surface area contributed by atoms with Crippen LogP contribution >= 0.6 is 11.3 Å². The van der Waals surface area contributed by atoms with Crippen LogP contribution in [0.15, 0.2) is 11.6 Å². The third-order valence-corrected chi connectivity index (χ3v) is 4.38. The fourth-order valence-corrected chi connectivity index (χ4v) is 3.08. The number of anilines is 1. The molecular formula is C16H26N4O3S. The summed E-state index contributed by atoms with van der Waals surface area (Å²) in [6, 6.07) is 0. The molecule has 1 fully saturated rings. The quantitative estimate of drug-likeness (QED) is 0.848. The number of carbonyl (C=O) groups is 2. The lowest BCUT2D eigenvalue weighted by atomic mass is 9.97. The molecule has 7 nitrogen and oxygen atoms in total. The van der Waals surface area contributed by atoms with E-state index in [1.54, 1.807) is 6.20 Å². The van der Waals surface area contributed by atoms with E-state index in [0.717, 1.165) is 25.9 Å². The fourth-order valence-electron chi connectivity index (χ4n) is 2.54. The fraction of sp³-hybridized carbons (Fsp3) is 0.688. The van der Waals surface area contributed by atoms with Crippen LogP contribution in [0, 0.1) is 5.92 Å². The van der Waals surface area contributed by atoms with Crippen LogP contribution in [0.3, 0.4) is 0 Å². The van der Waals surface area contributed by atoms with Crippen LogP contribution in [0.4, 0.5) is 9.93 Å². The van der Waals surface area contributed by atoms with Gasteiger partial charge in [-0.05, 0) is 52.6 Å². The van der Waals surface area contributed by atoms with E-state index in [0.29, 0.717) is 24.1 Å². The molecule has 2 amide bonds. The number of amides is 2. The lowest BCUT2D eigenvalue weighted by Gasteiger charge is -2.31. The minimum Gasteiger partial charge on any atom is -0.444 e. The molecule has 1 aromatic rings. The minimum absolute atomic E-state index is 0.0321. The summed E-state index contributed by atoms with van der Waals surface area (Å²) in [6.07, 6.45) is 3.22. The number of thiazole rings is 1. The van der Waals surface area contributed by atoms with Crippen LogP contribution in [-0.4, -0.2) is 53.7 Å². The van der Waals surface area contributed by atoms with Crippen molar-refractivity contribution in [3.63, 3.8) is 0 Å². The first-order valence-electron chi connectivity index (χ1n) is 8.20. The van der Waals surface area contributed by atoms with E-state index in [-0.39, 0.29) is 12.0 Å². The summed E-state index contributed by atoms with van der Waals surface area (Å²) in [5.74, 6) is 0.395. The van der Waals surface area contributed by atoms with Crippen molar-refractivity contribution in [2.24, 2.45) is 5.92 Å². The average Bonchev–Trinajstić information content (AvgIpc) is 2.97. The van der Waals surface area contributed by atoms with E-state index in [4.69, 9.17) is 4.74 Å². The van der Waals surface area contributed by atoms with E-state index in [2.05, 4.69) is 20.5 Å². The molecule has 0 aliphatic carbocycles. The van der Waals surface area contributed by atoms with Gasteiger partial charge in [0, 0.05) is 18.1 Å². The van der Waals surface area contributed by atoms with Gasteiger partial charge in [-0.25, -0.2) is 9.78 Å². The molecule has 2 heterocycles. The van der Waals surface area contributed by atoms with Crippen molar-refractivity contribution in [3.8, 4) is 0 Å². The Hall–Kier alpha value is -1.67. The number of alkyl carbamates (subject to hydrolysis) is 1. The SMILES string of the molecule is CC(C)(C)OC(=O)NCC1CCN(CC(=O)Nc2nccs2)CC1. The molecule has 24 heavy (non-hydrogen) atoms. The van der Waals surface area contributed by atoms with Crippen molar-refractivity contribution in [1.29, 1.82) is 0 Å². The highest BCUT2D eigenvalue weighted by Gasteiger charge is 2.22. The van der Waals surface area contributed by atoms with Crippen LogP contribution in [0.25, 0.3) is 0 Å². The lowest BCUT2D eigenvalue weighted by Crippen LogP contribution is -2.42. The average molecular weight is 354 g/mol. The first-order valence-corrected chi connectivity index (χ1v) is 9.08. The molecule has 8 heteroatoms. The maximum Gasteiger partial charge on any atom is 0.407 e. The van der Waals surface area contributed by atoms with Gasteiger partial charge in [0.2, 0.25) is 5.91 Å². The molecule has 2 rings (SSSR count). The number of nitrogens with one attached hydrogen (secondary N) is 2. The van der Waals surface area contributed by atoms with Crippen LogP contribution in [-0.2, 0) is 9.53 Å². The van der Waals surface area contributed by atoms with Crippen molar-refractivity contribution >= 4 is 28.5 Å². The molecule has 0 bridgehead atoms. The minimum atomic E-state index is -0.474. The van der Waals surface area contributed by atoms with Crippen molar-refractivity contribution in [2.45, 2.75) is 39.2 Å². The summed E-state index contributed by atoms with van der Waals surface area (Å²) in [5.41, 5.74) is -0.474. The summed E-state index contributed by atoms with van der Waals surface area (Å²) in [5, 5.41) is 8.09. The molecular weight excluding hydrogens is 328 g/mol. The normalized spacial score (nSPS) is 16.6. The Bertz CT molecular complexity index is 534. The van der Waals surface area contributed by atoms with Gasteiger partial charge in [-0.1, -0.05) is 0 Å². The first kappa shape index (κ1) is 18.7. The molecule has 1 aliphatic heterocycles. The number of rotatable bonds is 5. The number of likely N-dealkylation sites (tertiary alicyclic amines) is 1. The number of hydrogen-bond acceptors (Lipinski definition) is 6. The zero-order chi connectivity index (χ0) is 17.6. The van der Waals surface area contributed by atoms with Gasteiger partial charge >= 0.3 is 6.09 Å². The molecule has 0 saturated carbocycles. The Balaban J connectivity index is 1.62. The highest BCUT2D eigenvalue weighted by molar-refractivity contribution is 7.13. The van der Waals surface area contributed by atoms with Gasteiger partial charge in [0.05, 0.1) is 6.54 Å². The van der Waals surface area contributed by atoms with Crippen molar-refractivity contribution < 1.29 is 14.3 Å². The molecule has 0 radical (unpaired) electrons. The highest BCUT2D eigenvalue weighted by Crippen LogP contribution is 2.17. The molecule has 0 aromatic carbocycles. The summed E-state index contributed by atoms with van der Waals surface area (Å²) in [6.45, 7) is 8.25.